The number of carboxylic acid groups (broad SMARTS) is 1. The van der Waals surface area contributed by atoms with Crippen molar-refractivity contribution in [2.75, 3.05) is 0 Å². The first kappa shape index (κ1) is 19.2. The van der Waals surface area contributed by atoms with Gasteiger partial charge in [-0.1, -0.05) is 18.7 Å². The van der Waals surface area contributed by atoms with Crippen LogP contribution in [0.2, 0.25) is 0 Å². The van der Waals surface area contributed by atoms with Crippen LogP contribution in [0.15, 0.2) is 47.8 Å². The van der Waals surface area contributed by atoms with E-state index < -0.39 is 23.4 Å². The van der Waals surface area contributed by atoms with Crippen LogP contribution in [-0.2, 0) is 17.5 Å². The number of benzene rings is 1. The lowest BCUT2D eigenvalue weighted by molar-refractivity contribution is -0.138. The standard InChI is InChI=1S/C17H16F3N3O3/c1-3-4-11(2)15-21-22(10-9-14(24)25)16(26)23(15)13-7-5-12(6-8-13)17(18,19)20/h3-8H,2,9-10H2,1H3,(H,24,25)/b4-3-. The van der Waals surface area contributed by atoms with Gasteiger partial charge >= 0.3 is 17.8 Å². The SMILES string of the molecule is C=C(/C=C\C)c1nn(CCC(=O)O)c(=O)n1-c1ccc(C(F)(F)F)cc1. The van der Waals surface area contributed by atoms with Gasteiger partial charge in [0.25, 0.3) is 0 Å². The molecule has 0 radical (unpaired) electrons. The number of halogens is 3. The molecule has 2 aromatic rings. The van der Waals surface area contributed by atoms with Gasteiger partial charge in [0.1, 0.15) is 0 Å². The molecule has 0 aliphatic carbocycles. The predicted molar refractivity (Wildman–Crippen MR) is 88.9 cm³/mol. The zero-order chi connectivity index (χ0) is 19.5. The van der Waals surface area contributed by atoms with Gasteiger partial charge in [-0.15, -0.1) is 5.10 Å². The maximum absolute atomic E-state index is 12.7. The van der Waals surface area contributed by atoms with Crippen LogP contribution in [0.5, 0.6) is 0 Å². The van der Waals surface area contributed by atoms with Crippen LogP contribution in [0.4, 0.5) is 13.2 Å². The molecule has 1 aromatic carbocycles. The molecule has 6 nitrogen and oxygen atoms in total. The Hall–Kier alpha value is -3.10. The maximum atomic E-state index is 12.7. The summed E-state index contributed by atoms with van der Waals surface area (Å²) in [6, 6.07) is 4.02. The predicted octanol–water partition coefficient (Wildman–Crippen LogP) is 3.12. The summed E-state index contributed by atoms with van der Waals surface area (Å²) < 4.78 is 40.2. The Labute approximate surface area is 146 Å². The summed E-state index contributed by atoms with van der Waals surface area (Å²) in [5.41, 5.74) is -0.975. The quantitative estimate of drug-likeness (QED) is 0.796. The van der Waals surface area contributed by atoms with Crippen molar-refractivity contribution < 1.29 is 23.1 Å². The number of carboxylic acids is 1. The van der Waals surface area contributed by atoms with Gasteiger partial charge in [0.2, 0.25) is 0 Å². The number of allylic oxidation sites excluding steroid dienone is 3. The van der Waals surface area contributed by atoms with Crippen molar-refractivity contribution in [3.05, 3.63) is 64.9 Å². The van der Waals surface area contributed by atoms with Gasteiger partial charge in [0.05, 0.1) is 24.2 Å². The third kappa shape index (κ3) is 4.11. The highest BCUT2D eigenvalue weighted by molar-refractivity contribution is 5.68. The second-order valence-electron chi connectivity index (χ2n) is 5.38. The lowest BCUT2D eigenvalue weighted by Crippen LogP contribution is -2.25. The average molecular weight is 367 g/mol. The number of hydrogen-bond donors (Lipinski definition) is 1. The van der Waals surface area contributed by atoms with Gasteiger partial charge < -0.3 is 5.11 Å². The number of alkyl halides is 3. The Bertz CT molecular complexity index is 906. The van der Waals surface area contributed by atoms with Crippen molar-refractivity contribution in [2.45, 2.75) is 26.1 Å². The minimum Gasteiger partial charge on any atom is -0.481 e. The number of hydrogen-bond acceptors (Lipinski definition) is 3. The molecule has 138 valence electrons. The van der Waals surface area contributed by atoms with E-state index in [1.807, 2.05) is 0 Å². The molecule has 0 atom stereocenters. The average Bonchev–Trinajstić information content (AvgIpc) is 2.89. The van der Waals surface area contributed by atoms with E-state index in [1.165, 1.54) is 0 Å². The molecular formula is C17H16F3N3O3. The Morgan fingerprint density at radius 2 is 1.92 bits per heavy atom. The molecule has 9 heteroatoms. The van der Waals surface area contributed by atoms with Crippen LogP contribution in [0.3, 0.4) is 0 Å². The highest BCUT2D eigenvalue weighted by Gasteiger charge is 2.30. The van der Waals surface area contributed by atoms with Crippen LogP contribution in [0.25, 0.3) is 11.3 Å². The summed E-state index contributed by atoms with van der Waals surface area (Å²) in [5.74, 6) is -0.979. The minimum atomic E-state index is -4.49. The lowest BCUT2D eigenvalue weighted by atomic mass is 10.2. The van der Waals surface area contributed by atoms with Gasteiger partial charge in [-0.05, 0) is 31.2 Å². The van der Waals surface area contributed by atoms with Crippen LogP contribution in [0.1, 0.15) is 24.7 Å². The van der Waals surface area contributed by atoms with Crippen LogP contribution in [0, 0.1) is 0 Å². The summed E-state index contributed by atoms with van der Waals surface area (Å²) in [5, 5.41) is 12.9. The monoisotopic (exact) mass is 367 g/mol. The largest absolute Gasteiger partial charge is 0.481 e. The molecule has 0 aliphatic rings. The Morgan fingerprint density at radius 3 is 2.42 bits per heavy atom. The van der Waals surface area contributed by atoms with Gasteiger partial charge in [-0.25, -0.2) is 14.0 Å². The Kier molecular flexibility index (Phi) is 5.49. The summed E-state index contributed by atoms with van der Waals surface area (Å²) in [4.78, 5) is 23.3. The molecule has 26 heavy (non-hydrogen) atoms. The fraction of sp³-hybridized carbons (Fsp3) is 0.235. The van der Waals surface area contributed by atoms with E-state index in [0.29, 0.717) is 5.57 Å². The van der Waals surface area contributed by atoms with Crippen molar-refractivity contribution >= 4 is 11.5 Å². The maximum Gasteiger partial charge on any atom is 0.416 e. The number of rotatable bonds is 6. The van der Waals surface area contributed by atoms with Gasteiger partial charge in [0.15, 0.2) is 5.82 Å². The second kappa shape index (κ2) is 7.42. The Balaban J connectivity index is 2.56. The molecule has 2 rings (SSSR count). The fourth-order valence-corrected chi connectivity index (χ4v) is 2.27. The highest BCUT2D eigenvalue weighted by Crippen LogP contribution is 2.29. The first-order valence-electron chi connectivity index (χ1n) is 7.56. The fourth-order valence-electron chi connectivity index (χ4n) is 2.27. The number of aryl methyl sites for hydroxylation is 1. The van der Waals surface area contributed by atoms with E-state index in [9.17, 15) is 22.8 Å². The number of aliphatic carboxylic acids is 1. The summed E-state index contributed by atoms with van der Waals surface area (Å²) >= 11 is 0. The van der Waals surface area contributed by atoms with Crippen LogP contribution >= 0.6 is 0 Å². The summed E-state index contributed by atoms with van der Waals surface area (Å²) in [6.45, 7) is 5.35. The van der Waals surface area contributed by atoms with Crippen molar-refractivity contribution in [3.8, 4) is 5.69 Å². The molecular weight excluding hydrogens is 351 g/mol. The summed E-state index contributed by atoms with van der Waals surface area (Å²) in [6.07, 6.45) is -1.56. The zero-order valence-electron chi connectivity index (χ0n) is 13.8. The van der Waals surface area contributed by atoms with Crippen LogP contribution in [-0.4, -0.2) is 25.4 Å². The molecule has 0 fully saturated rings. The molecule has 0 aliphatic heterocycles. The molecule has 1 aromatic heterocycles. The van der Waals surface area contributed by atoms with Crippen molar-refractivity contribution in [3.63, 3.8) is 0 Å². The van der Waals surface area contributed by atoms with Gasteiger partial charge in [-0.3, -0.25) is 4.79 Å². The minimum absolute atomic E-state index is 0.123. The molecule has 1 heterocycles. The first-order valence-corrected chi connectivity index (χ1v) is 7.56. The second-order valence-corrected chi connectivity index (χ2v) is 5.38. The smallest absolute Gasteiger partial charge is 0.416 e. The third-order valence-electron chi connectivity index (χ3n) is 3.48. The highest BCUT2D eigenvalue weighted by atomic mass is 19.4. The zero-order valence-corrected chi connectivity index (χ0v) is 13.8. The van der Waals surface area contributed by atoms with Crippen molar-refractivity contribution in [1.29, 1.82) is 0 Å². The molecule has 0 saturated heterocycles. The number of carbonyl (C=O) groups is 1. The van der Waals surface area contributed by atoms with E-state index in [0.717, 1.165) is 33.5 Å². The molecule has 1 N–H and O–H groups in total. The van der Waals surface area contributed by atoms with E-state index in [1.54, 1.807) is 19.1 Å². The van der Waals surface area contributed by atoms with E-state index in [-0.39, 0.29) is 24.5 Å². The number of aromatic nitrogens is 3. The van der Waals surface area contributed by atoms with Crippen LogP contribution < -0.4 is 5.69 Å². The lowest BCUT2D eigenvalue weighted by Gasteiger charge is -2.09. The molecule has 0 bridgehead atoms. The van der Waals surface area contributed by atoms with Crippen molar-refractivity contribution in [1.82, 2.24) is 14.3 Å². The van der Waals surface area contributed by atoms with Crippen molar-refractivity contribution in [2.24, 2.45) is 0 Å². The number of nitrogens with zero attached hydrogens (tertiary/aromatic N) is 3. The topological polar surface area (TPSA) is 77.1 Å². The first-order chi connectivity index (χ1) is 12.1. The summed E-state index contributed by atoms with van der Waals surface area (Å²) in [7, 11) is 0. The van der Waals surface area contributed by atoms with Gasteiger partial charge in [0, 0.05) is 5.57 Å². The molecule has 0 spiro atoms. The molecule has 0 saturated carbocycles. The molecule has 0 unspecified atom stereocenters. The van der Waals surface area contributed by atoms with E-state index >= 15 is 0 Å². The van der Waals surface area contributed by atoms with Gasteiger partial charge in [-0.2, -0.15) is 13.2 Å². The molecule has 0 amide bonds. The van der Waals surface area contributed by atoms with E-state index in [4.69, 9.17) is 5.11 Å². The third-order valence-corrected chi connectivity index (χ3v) is 3.48. The van der Waals surface area contributed by atoms with E-state index in [2.05, 4.69) is 11.7 Å². The normalized spacial score (nSPS) is 11.8. The Morgan fingerprint density at radius 1 is 1.31 bits per heavy atom.